The minimum absolute atomic E-state index is 0. The molecule has 0 N–H and O–H groups in total. The van der Waals surface area contributed by atoms with Crippen LogP contribution in [0.5, 0.6) is 0 Å². The van der Waals surface area contributed by atoms with E-state index < -0.39 is 99.3 Å². The van der Waals surface area contributed by atoms with Crippen molar-refractivity contribution in [2.45, 2.75) is 31.5 Å². The van der Waals surface area contributed by atoms with E-state index in [0.717, 1.165) is 35.4 Å². The van der Waals surface area contributed by atoms with Gasteiger partial charge in [0.2, 0.25) is 0 Å². The van der Waals surface area contributed by atoms with E-state index in [-0.39, 0.29) is 207 Å². The van der Waals surface area contributed by atoms with Crippen molar-refractivity contribution in [2.24, 2.45) is 0 Å². The Hall–Kier alpha value is 7.56. The molecule has 0 amide bonds. The third kappa shape index (κ3) is 18.9. The molecule has 0 aromatic rings. The van der Waals surface area contributed by atoms with E-state index in [4.69, 9.17) is 0 Å². The summed E-state index contributed by atoms with van der Waals surface area (Å²) in [7, 11) is 4.13. The largest absolute Gasteiger partial charge is 1.00 e. The average Bonchev–Trinajstić information content (AvgIpc) is 3.29. The number of hydrogen-bond donors (Lipinski definition) is 0. The number of carbonyl (C=O) groups is 6. The molecule has 2 rings (SSSR count). The summed E-state index contributed by atoms with van der Waals surface area (Å²) in [6.07, 6.45) is 0. The van der Waals surface area contributed by atoms with Gasteiger partial charge in [-0.25, -0.2) is 0 Å². The molecule has 39 heavy (non-hydrogen) atoms. The van der Waals surface area contributed by atoms with Crippen molar-refractivity contribution < 1.29 is 266 Å². The van der Waals surface area contributed by atoms with E-state index in [1.54, 1.807) is 0 Å². The number of carbonyl (C=O) groups excluding carboxylic acids is 6. The molecule has 12 nitrogen and oxygen atoms in total. The van der Waals surface area contributed by atoms with Crippen LogP contribution < -0.4 is 238 Å². The first-order chi connectivity index (χ1) is 14.8. The standard InChI is InChI=1S/3C4H6O4S2.7Na.2Sb/c3*5-3(6)1(9)2(10)4(7)8;;;;;;;;;/h3*1-2,9-10H,(H,5,6)(H,7,8);;;;;;;;;/q;;;7*+1;2*+3/p-12. The van der Waals surface area contributed by atoms with Gasteiger partial charge >= 0.3 is 419 Å². The van der Waals surface area contributed by atoms with Gasteiger partial charge in [-0.05, 0) is 0 Å². The third-order valence-electron chi connectivity index (χ3n) is 3.42. The van der Waals surface area contributed by atoms with E-state index in [9.17, 15) is 59.4 Å². The van der Waals surface area contributed by atoms with Gasteiger partial charge in [0.1, 0.15) is 0 Å². The number of carboxylic acids is 6. The first kappa shape index (κ1) is 58.7. The zero-order valence-electron chi connectivity index (χ0n) is 21.7. The van der Waals surface area contributed by atoms with Crippen LogP contribution in [0, 0.1) is 0 Å². The van der Waals surface area contributed by atoms with Crippen molar-refractivity contribution in [3.8, 4) is 0 Å². The molecule has 0 saturated carbocycles. The van der Waals surface area contributed by atoms with Crippen LogP contribution >= 0.6 is 53.1 Å². The van der Waals surface area contributed by atoms with Gasteiger partial charge in [-0.3, -0.25) is 0 Å². The molecule has 0 radical (unpaired) electrons. The monoisotopic (exact) mass is 937 g/mol. The molecule has 0 aliphatic carbocycles. The predicted molar refractivity (Wildman–Crippen MR) is 110 cm³/mol. The predicted octanol–water partition coefficient (Wildman–Crippen LogP) is -28.9. The number of rotatable bonds is 11. The number of carboxylic acid groups (broad SMARTS) is 6. The van der Waals surface area contributed by atoms with Crippen LogP contribution in [0.25, 0.3) is 0 Å². The second-order valence-corrected chi connectivity index (χ2v) is 47.2. The van der Waals surface area contributed by atoms with Crippen molar-refractivity contribution in [1.82, 2.24) is 0 Å². The maximum Gasteiger partial charge on any atom is 1.00 e. The summed E-state index contributed by atoms with van der Waals surface area (Å²) in [4.78, 5) is 68.1. The van der Waals surface area contributed by atoms with Crippen LogP contribution in [0.1, 0.15) is 0 Å². The van der Waals surface area contributed by atoms with Crippen LogP contribution in [0.4, 0.5) is 0 Å². The minimum atomic E-state index is -3.15. The first-order valence-electron chi connectivity index (χ1n) is 7.69. The van der Waals surface area contributed by atoms with Gasteiger partial charge in [0.15, 0.2) is 0 Å². The molecule has 0 bridgehead atoms. The molecule has 0 aromatic carbocycles. The molecule has 178 valence electrons. The number of aliphatic carboxylic acids is 6. The maximum absolute atomic E-state index is 11.7. The minimum Gasteiger partial charge on any atom is 1.00 e. The Balaban J connectivity index is -0.000000389. The zero-order valence-corrected chi connectivity index (χ0v) is 45.7. The van der Waals surface area contributed by atoms with Crippen LogP contribution in [0.2, 0.25) is 0 Å². The van der Waals surface area contributed by atoms with Crippen LogP contribution in [0.3, 0.4) is 0 Å². The van der Waals surface area contributed by atoms with Crippen molar-refractivity contribution >= 4 is 121 Å². The van der Waals surface area contributed by atoms with Gasteiger partial charge in [0.25, 0.3) is 0 Å². The Morgan fingerprint density at radius 1 is 0.462 bits per heavy atom. The zero-order chi connectivity index (χ0) is 24.3. The fraction of sp³-hybridized carbons (Fsp3) is 0.500. The Bertz CT molecular complexity index is 747. The molecule has 2 aliphatic rings. The summed E-state index contributed by atoms with van der Waals surface area (Å²) in [5.74, 6) is -10.3. The first-order valence-corrected chi connectivity index (χ1v) is 31.5. The van der Waals surface area contributed by atoms with Crippen molar-refractivity contribution in [3.63, 3.8) is 0 Å². The maximum atomic E-state index is 11.7. The molecule has 0 aromatic heterocycles. The normalized spacial score (nSPS) is 23.1. The van der Waals surface area contributed by atoms with Gasteiger partial charge in [-0.1, -0.05) is 0 Å². The smallest absolute Gasteiger partial charge is 1.00 e. The quantitative estimate of drug-likeness (QED) is 0.175. The Labute approximate surface area is 408 Å². The summed E-state index contributed by atoms with van der Waals surface area (Å²) >= 11 is -6.31. The molecule has 2 heterocycles. The van der Waals surface area contributed by atoms with E-state index in [0.29, 0.717) is 17.7 Å². The van der Waals surface area contributed by atoms with E-state index in [1.165, 1.54) is 0 Å². The fourth-order valence-corrected chi connectivity index (χ4v) is 61.9. The summed E-state index contributed by atoms with van der Waals surface area (Å²) in [5.41, 5.74) is 0. The second-order valence-electron chi connectivity index (χ2n) is 5.52. The van der Waals surface area contributed by atoms with Crippen molar-refractivity contribution in [3.05, 3.63) is 0 Å². The summed E-state index contributed by atoms with van der Waals surface area (Å²) in [5, 5.41) is 58.6. The van der Waals surface area contributed by atoms with E-state index in [1.807, 2.05) is 0 Å². The molecule has 2 aliphatic heterocycles. The molecule has 0 spiro atoms. The van der Waals surface area contributed by atoms with Crippen molar-refractivity contribution in [1.29, 1.82) is 0 Å². The molecule has 2 fully saturated rings. The molecule has 6 unspecified atom stereocenters. The van der Waals surface area contributed by atoms with E-state index >= 15 is 0 Å². The third-order valence-corrected chi connectivity index (χ3v) is 50.4. The summed E-state index contributed by atoms with van der Waals surface area (Å²) in [6, 6.07) is 0. The molecular weight excluding hydrogens is 933 g/mol. The Kier molecular flexibility index (Phi) is 44.1. The summed E-state index contributed by atoms with van der Waals surface area (Å²) < 4.78 is 0. The van der Waals surface area contributed by atoms with Crippen LogP contribution in [-0.2, 0) is 28.8 Å². The Morgan fingerprint density at radius 3 is 0.769 bits per heavy atom. The Morgan fingerprint density at radius 2 is 0.641 bits per heavy atom. The number of hydrogen-bond acceptors (Lipinski definition) is 18. The molecule has 27 heteroatoms. The van der Waals surface area contributed by atoms with Gasteiger partial charge in [0.05, 0.1) is 0 Å². The average molecular weight is 939 g/mol. The molecular formula is C12H6Na7O12S6Sb2+. The SMILES string of the molecule is O=C([O-])C1[S][Sb]([S]C(C(=O)[O-])C([S][Sb]2[S]C(C(=O)[O-])C(C(=O)[O-])[S]2)C(=O)[O-])[S]C1C(=O)[O-].[Na+].[Na+].[Na+].[Na+].[Na+].[Na+].[Na+]. The second kappa shape index (κ2) is 29.3. The van der Waals surface area contributed by atoms with E-state index in [2.05, 4.69) is 0 Å². The van der Waals surface area contributed by atoms with Crippen LogP contribution in [-0.4, -0.2) is 99.3 Å². The topological polar surface area (TPSA) is 241 Å². The van der Waals surface area contributed by atoms with Gasteiger partial charge in [0, 0.05) is 0 Å². The summed E-state index contributed by atoms with van der Waals surface area (Å²) in [6.45, 7) is 0. The van der Waals surface area contributed by atoms with Gasteiger partial charge < -0.3 is 0 Å². The van der Waals surface area contributed by atoms with Crippen molar-refractivity contribution in [2.75, 3.05) is 0 Å². The van der Waals surface area contributed by atoms with Gasteiger partial charge in [-0.2, -0.15) is 0 Å². The molecule has 2 saturated heterocycles. The fourth-order valence-electron chi connectivity index (χ4n) is 2.04. The molecule has 6 atom stereocenters. The van der Waals surface area contributed by atoms with Gasteiger partial charge in [-0.15, -0.1) is 0 Å². The van der Waals surface area contributed by atoms with Crippen LogP contribution in [0.15, 0.2) is 0 Å².